The number of amides is 1. The molecule has 25 heavy (non-hydrogen) atoms. The van der Waals surface area contributed by atoms with Crippen LogP contribution in [0.15, 0.2) is 52.4 Å². The van der Waals surface area contributed by atoms with Crippen molar-refractivity contribution in [2.45, 2.75) is 26.4 Å². The summed E-state index contributed by atoms with van der Waals surface area (Å²) in [4.78, 5) is 15.2. The third-order valence-electron chi connectivity index (χ3n) is 3.88. The summed E-state index contributed by atoms with van der Waals surface area (Å²) in [6.07, 6.45) is 0. The second-order valence-electron chi connectivity index (χ2n) is 5.89. The Balaban J connectivity index is 1.83. The van der Waals surface area contributed by atoms with Crippen molar-refractivity contribution in [3.8, 4) is 17.1 Å². The Morgan fingerprint density at radius 2 is 2.08 bits per heavy atom. The quantitative estimate of drug-likeness (QED) is 0.654. The van der Waals surface area contributed by atoms with E-state index in [9.17, 15) is 4.79 Å². The van der Waals surface area contributed by atoms with Gasteiger partial charge in [-0.15, -0.1) is 11.3 Å². The van der Waals surface area contributed by atoms with Crippen molar-refractivity contribution in [2.75, 3.05) is 7.11 Å². The highest BCUT2D eigenvalue weighted by molar-refractivity contribution is 7.12. The molecule has 0 spiro atoms. The number of nitrogens with zero attached hydrogens (tertiary/aromatic N) is 2. The standard InChI is InChI=1S/C19H20N2O3S/c1-13(2)21(19(22)18-9-6-10-25-18)12-14-11-17(24-20-14)15-7-4-5-8-16(15)23-3/h4-11,13H,12H2,1-3H3. The topological polar surface area (TPSA) is 55.6 Å². The van der Waals surface area contributed by atoms with Gasteiger partial charge >= 0.3 is 0 Å². The van der Waals surface area contributed by atoms with Crippen molar-refractivity contribution in [3.63, 3.8) is 0 Å². The van der Waals surface area contributed by atoms with Crippen LogP contribution in [0.3, 0.4) is 0 Å². The van der Waals surface area contributed by atoms with Crippen LogP contribution in [0.1, 0.15) is 29.2 Å². The first-order chi connectivity index (χ1) is 12.1. The molecular weight excluding hydrogens is 336 g/mol. The molecule has 0 aliphatic heterocycles. The summed E-state index contributed by atoms with van der Waals surface area (Å²) in [6, 6.07) is 13.2. The van der Waals surface area contributed by atoms with Gasteiger partial charge < -0.3 is 14.2 Å². The molecule has 1 amide bonds. The highest BCUT2D eigenvalue weighted by Gasteiger charge is 2.22. The molecule has 3 aromatic rings. The third-order valence-corrected chi connectivity index (χ3v) is 4.74. The smallest absolute Gasteiger partial charge is 0.264 e. The Labute approximate surface area is 150 Å². The van der Waals surface area contributed by atoms with E-state index in [1.165, 1.54) is 11.3 Å². The molecule has 6 heteroatoms. The largest absolute Gasteiger partial charge is 0.496 e. The maximum atomic E-state index is 12.7. The number of carbonyl (C=O) groups excluding carboxylic acids is 1. The molecule has 2 heterocycles. The lowest BCUT2D eigenvalue weighted by molar-refractivity contribution is 0.0691. The minimum Gasteiger partial charge on any atom is -0.496 e. The van der Waals surface area contributed by atoms with Crippen molar-refractivity contribution in [1.29, 1.82) is 0 Å². The summed E-state index contributed by atoms with van der Waals surface area (Å²) in [5, 5.41) is 6.04. The van der Waals surface area contributed by atoms with Gasteiger partial charge in [0.2, 0.25) is 0 Å². The fourth-order valence-electron chi connectivity index (χ4n) is 2.57. The number of thiophene rings is 1. The molecule has 3 rings (SSSR count). The van der Waals surface area contributed by atoms with E-state index in [2.05, 4.69) is 5.16 Å². The first-order valence-electron chi connectivity index (χ1n) is 8.03. The summed E-state index contributed by atoms with van der Waals surface area (Å²) < 4.78 is 10.8. The zero-order chi connectivity index (χ0) is 17.8. The summed E-state index contributed by atoms with van der Waals surface area (Å²) >= 11 is 1.44. The van der Waals surface area contributed by atoms with Gasteiger partial charge in [0, 0.05) is 12.1 Å². The van der Waals surface area contributed by atoms with E-state index in [-0.39, 0.29) is 11.9 Å². The SMILES string of the molecule is COc1ccccc1-c1cc(CN(C(=O)c2cccs2)C(C)C)no1. The maximum Gasteiger partial charge on any atom is 0.264 e. The van der Waals surface area contributed by atoms with Gasteiger partial charge in [-0.1, -0.05) is 23.4 Å². The summed E-state index contributed by atoms with van der Waals surface area (Å²) in [6.45, 7) is 4.38. The van der Waals surface area contributed by atoms with E-state index in [4.69, 9.17) is 9.26 Å². The highest BCUT2D eigenvalue weighted by Crippen LogP contribution is 2.30. The van der Waals surface area contributed by atoms with Crippen LogP contribution in [0.25, 0.3) is 11.3 Å². The zero-order valence-electron chi connectivity index (χ0n) is 14.4. The molecule has 0 saturated heterocycles. The fourth-order valence-corrected chi connectivity index (χ4v) is 3.25. The van der Waals surface area contributed by atoms with Crippen molar-refractivity contribution < 1.29 is 14.1 Å². The molecule has 5 nitrogen and oxygen atoms in total. The average Bonchev–Trinajstić information content (AvgIpc) is 3.30. The number of ether oxygens (including phenoxy) is 1. The predicted octanol–water partition coefficient (Wildman–Crippen LogP) is 4.46. The summed E-state index contributed by atoms with van der Waals surface area (Å²) in [5.74, 6) is 1.35. The summed E-state index contributed by atoms with van der Waals surface area (Å²) in [7, 11) is 1.62. The number of hydrogen-bond acceptors (Lipinski definition) is 5. The zero-order valence-corrected chi connectivity index (χ0v) is 15.2. The van der Waals surface area contributed by atoms with Gasteiger partial charge in [-0.05, 0) is 37.4 Å². The molecule has 130 valence electrons. The van der Waals surface area contributed by atoms with Gasteiger partial charge in [0.1, 0.15) is 11.4 Å². The van der Waals surface area contributed by atoms with Crippen LogP contribution in [0.4, 0.5) is 0 Å². The molecule has 0 fully saturated rings. The first-order valence-corrected chi connectivity index (χ1v) is 8.91. The Bertz CT molecular complexity index is 840. The second-order valence-corrected chi connectivity index (χ2v) is 6.83. The first kappa shape index (κ1) is 17.2. The van der Waals surface area contributed by atoms with Gasteiger partial charge in [0.15, 0.2) is 5.76 Å². The summed E-state index contributed by atoms with van der Waals surface area (Å²) in [5.41, 5.74) is 1.55. The molecule has 0 bridgehead atoms. The fraction of sp³-hybridized carbons (Fsp3) is 0.263. The Morgan fingerprint density at radius 3 is 2.76 bits per heavy atom. The van der Waals surface area contributed by atoms with Crippen molar-refractivity contribution in [2.24, 2.45) is 0 Å². The molecule has 2 aromatic heterocycles. The van der Waals surface area contributed by atoms with Gasteiger partial charge in [-0.2, -0.15) is 0 Å². The number of rotatable bonds is 6. The third kappa shape index (κ3) is 3.74. The highest BCUT2D eigenvalue weighted by atomic mass is 32.1. The molecular formula is C19H20N2O3S. The Kier molecular flexibility index (Phi) is 5.19. The lowest BCUT2D eigenvalue weighted by Gasteiger charge is -2.25. The average molecular weight is 356 g/mol. The Morgan fingerprint density at radius 1 is 1.28 bits per heavy atom. The minimum atomic E-state index is 0.00633. The molecule has 0 radical (unpaired) electrons. The van der Waals surface area contributed by atoms with Crippen molar-refractivity contribution >= 4 is 17.2 Å². The minimum absolute atomic E-state index is 0.00633. The van der Waals surface area contributed by atoms with Gasteiger partial charge in [0.05, 0.1) is 24.1 Å². The van der Waals surface area contributed by atoms with Crippen LogP contribution in [0.5, 0.6) is 5.75 Å². The van der Waals surface area contributed by atoms with Gasteiger partial charge in [0.25, 0.3) is 5.91 Å². The monoisotopic (exact) mass is 356 g/mol. The second kappa shape index (κ2) is 7.53. The lowest BCUT2D eigenvalue weighted by atomic mass is 10.1. The number of hydrogen-bond donors (Lipinski definition) is 0. The predicted molar refractivity (Wildman–Crippen MR) is 97.8 cm³/mol. The normalized spacial score (nSPS) is 10.9. The van der Waals surface area contributed by atoms with Crippen LogP contribution < -0.4 is 4.74 Å². The number of aromatic nitrogens is 1. The van der Waals surface area contributed by atoms with E-state index in [0.717, 1.165) is 16.2 Å². The van der Waals surface area contributed by atoms with Crippen LogP contribution in [-0.4, -0.2) is 29.1 Å². The molecule has 1 aromatic carbocycles. The van der Waals surface area contributed by atoms with E-state index >= 15 is 0 Å². The number of methoxy groups -OCH3 is 1. The van der Waals surface area contributed by atoms with Crippen LogP contribution in [-0.2, 0) is 6.54 Å². The molecule has 0 N–H and O–H groups in total. The van der Waals surface area contributed by atoms with E-state index in [1.54, 1.807) is 12.0 Å². The van der Waals surface area contributed by atoms with Crippen LogP contribution in [0, 0.1) is 0 Å². The van der Waals surface area contributed by atoms with Crippen molar-refractivity contribution in [3.05, 3.63) is 58.4 Å². The maximum absolute atomic E-state index is 12.7. The van der Waals surface area contributed by atoms with Gasteiger partial charge in [-0.25, -0.2) is 0 Å². The number of para-hydroxylation sites is 1. The van der Waals surface area contributed by atoms with Crippen LogP contribution in [0.2, 0.25) is 0 Å². The van der Waals surface area contributed by atoms with Crippen molar-refractivity contribution in [1.82, 2.24) is 10.1 Å². The molecule has 0 unspecified atom stereocenters. The van der Waals surface area contributed by atoms with Crippen LogP contribution >= 0.6 is 11.3 Å². The Hall–Kier alpha value is -2.60. The molecule has 0 atom stereocenters. The lowest BCUT2D eigenvalue weighted by Crippen LogP contribution is -2.36. The van der Waals surface area contributed by atoms with E-state index in [0.29, 0.717) is 18.0 Å². The molecule has 0 aliphatic carbocycles. The van der Waals surface area contributed by atoms with Gasteiger partial charge in [-0.3, -0.25) is 4.79 Å². The molecule has 0 aliphatic rings. The van der Waals surface area contributed by atoms with E-state index in [1.807, 2.05) is 61.7 Å². The molecule has 0 saturated carbocycles. The number of benzene rings is 1. The van der Waals surface area contributed by atoms with E-state index < -0.39 is 0 Å². The number of carbonyl (C=O) groups is 1.